The van der Waals surface area contributed by atoms with E-state index in [-0.39, 0.29) is 41.8 Å². The fraction of sp³-hybridized carbons (Fsp3) is 0.310. The molecule has 1 aliphatic rings. The molecule has 0 unspecified atom stereocenters. The van der Waals surface area contributed by atoms with Crippen LogP contribution in [0.2, 0.25) is 0 Å². The highest BCUT2D eigenvalue weighted by Crippen LogP contribution is 2.27. The zero-order valence-corrected chi connectivity index (χ0v) is 21.6. The van der Waals surface area contributed by atoms with Gasteiger partial charge < -0.3 is 30.0 Å². The Morgan fingerprint density at radius 3 is 2.33 bits per heavy atom. The van der Waals surface area contributed by atoms with Crippen molar-refractivity contribution in [2.45, 2.75) is 51.2 Å². The third kappa shape index (κ3) is 8.19. The fourth-order valence-corrected chi connectivity index (χ4v) is 4.30. The number of carbonyl (C=O) groups is 3. The quantitative estimate of drug-likeness (QED) is 0.324. The second kappa shape index (κ2) is 13.3. The first-order valence-electron chi connectivity index (χ1n) is 12.8. The number of carboxylic acids is 1. The molecule has 1 aromatic heterocycles. The van der Waals surface area contributed by atoms with Gasteiger partial charge in [0, 0.05) is 18.3 Å². The molecule has 0 radical (unpaired) electrons. The molecule has 0 saturated heterocycles. The van der Waals surface area contributed by atoms with Crippen molar-refractivity contribution in [2.75, 3.05) is 11.9 Å². The molecular weight excluding hydrogens is 502 g/mol. The number of nitrogens with zero attached hydrogens (tertiary/aromatic N) is 1. The summed E-state index contributed by atoms with van der Waals surface area (Å²) >= 11 is 0. The number of hydrogen-bond donors (Lipinski definition) is 3. The maximum absolute atomic E-state index is 12.4. The Bertz CT molecular complexity index is 1270. The Morgan fingerprint density at radius 1 is 0.949 bits per heavy atom. The molecule has 204 valence electrons. The van der Waals surface area contributed by atoms with Gasteiger partial charge in [-0.15, -0.1) is 0 Å². The smallest absolute Gasteiger partial charge is 0.407 e. The first-order chi connectivity index (χ1) is 18.9. The van der Waals surface area contributed by atoms with Crippen LogP contribution in [-0.4, -0.2) is 46.8 Å². The van der Waals surface area contributed by atoms with E-state index in [1.807, 2.05) is 12.1 Å². The summed E-state index contributed by atoms with van der Waals surface area (Å²) in [6.45, 7) is 2.14. The van der Waals surface area contributed by atoms with Crippen LogP contribution in [-0.2, 0) is 16.0 Å². The van der Waals surface area contributed by atoms with Crippen LogP contribution in [0.3, 0.4) is 0 Å². The number of pyridine rings is 1. The van der Waals surface area contributed by atoms with Gasteiger partial charge in [0.05, 0.1) is 30.4 Å². The van der Waals surface area contributed by atoms with Gasteiger partial charge >= 0.3 is 12.1 Å². The second-order valence-electron chi connectivity index (χ2n) is 9.11. The summed E-state index contributed by atoms with van der Waals surface area (Å²) in [5, 5.41) is 14.8. The average Bonchev–Trinajstić information content (AvgIpc) is 2.92. The first kappa shape index (κ1) is 27.4. The van der Waals surface area contributed by atoms with Crippen molar-refractivity contribution in [3.8, 4) is 17.4 Å². The highest BCUT2D eigenvalue weighted by molar-refractivity contribution is 6.00. The van der Waals surface area contributed by atoms with E-state index in [1.165, 1.54) is 6.07 Å². The number of carboxylic acid groups (broad SMARTS) is 1. The normalized spacial score (nSPS) is 16.5. The number of ether oxygens (including phenoxy) is 3. The van der Waals surface area contributed by atoms with Crippen molar-refractivity contribution in [3.63, 3.8) is 0 Å². The van der Waals surface area contributed by atoms with E-state index in [0.29, 0.717) is 23.8 Å². The van der Waals surface area contributed by atoms with E-state index in [9.17, 15) is 19.5 Å². The third-order valence-corrected chi connectivity index (χ3v) is 6.21. The van der Waals surface area contributed by atoms with Gasteiger partial charge in [-0.25, -0.2) is 14.6 Å². The SMILES string of the molecule is CCOC(=O)NC1CCC(Oc2ccc(Oc3ccc(CC(=O)Nc4ccccc4C(=O)O)cn3)cc2)CC1. The zero-order chi connectivity index (χ0) is 27.6. The van der Waals surface area contributed by atoms with Crippen molar-refractivity contribution in [2.24, 2.45) is 0 Å². The summed E-state index contributed by atoms with van der Waals surface area (Å²) in [6.07, 6.45) is 4.65. The van der Waals surface area contributed by atoms with E-state index >= 15 is 0 Å². The number of aromatic nitrogens is 1. The Morgan fingerprint density at radius 2 is 1.67 bits per heavy atom. The third-order valence-electron chi connectivity index (χ3n) is 6.21. The molecule has 1 heterocycles. The molecule has 10 heteroatoms. The number of alkyl carbamates (subject to hydrolysis) is 1. The minimum absolute atomic E-state index is 0.0276. The molecular formula is C29H31N3O7. The fourth-order valence-electron chi connectivity index (χ4n) is 4.30. The molecule has 4 rings (SSSR count). The lowest BCUT2D eigenvalue weighted by Gasteiger charge is -2.29. The molecule has 0 atom stereocenters. The average molecular weight is 534 g/mol. The Hall–Kier alpha value is -4.60. The summed E-state index contributed by atoms with van der Waals surface area (Å²) in [5.74, 6) is 0.243. The van der Waals surface area contributed by atoms with Crippen molar-refractivity contribution in [1.82, 2.24) is 10.3 Å². The van der Waals surface area contributed by atoms with Gasteiger partial charge in [0.1, 0.15) is 11.5 Å². The Balaban J connectivity index is 1.23. The molecule has 1 fully saturated rings. The largest absolute Gasteiger partial charge is 0.490 e. The minimum Gasteiger partial charge on any atom is -0.490 e. The highest BCUT2D eigenvalue weighted by Gasteiger charge is 2.24. The molecule has 1 saturated carbocycles. The van der Waals surface area contributed by atoms with Crippen LogP contribution in [0.1, 0.15) is 48.5 Å². The maximum atomic E-state index is 12.4. The number of hydrogen-bond acceptors (Lipinski definition) is 7. The molecule has 1 aliphatic carbocycles. The maximum Gasteiger partial charge on any atom is 0.407 e. The lowest BCUT2D eigenvalue weighted by Crippen LogP contribution is -2.39. The van der Waals surface area contributed by atoms with E-state index in [2.05, 4.69) is 15.6 Å². The summed E-state index contributed by atoms with van der Waals surface area (Å²) < 4.78 is 16.8. The molecule has 10 nitrogen and oxygen atoms in total. The summed E-state index contributed by atoms with van der Waals surface area (Å²) in [5.41, 5.74) is 0.928. The number of carbonyl (C=O) groups excluding carboxylic acids is 2. The lowest BCUT2D eigenvalue weighted by atomic mass is 9.93. The molecule has 0 spiro atoms. The molecule has 39 heavy (non-hydrogen) atoms. The standard InChI is InChI=1S/C29H31N3O7/c1-2-37-29(36)31-20-8-10-21(11-9-20)38-22-12-14-23(15-13-22)39-27-16-7-19(18-30-27)17-26(33)32-25-6-4-3-5-24(25)28(34)35/h3-7,12-16,18,20-21H,2,8-11,17H2,1H3,(H,31,36)(H,32,33)(H,34,35). The molecule has 2 aromatic carbocycles. The monoisotopic (exact) mass is 533 g/mol. The summed E-state index contributed by atoms with van der Waals surface area (Å²) in [7, 11) is 0. The summed E-state index contributed by atoms with van der Waals surface area (Å²) in [6, 6.07) is 17.0. The Kier molecular flexibility index (Phi) is 9.34. The van der Waals surface area contributed by atoms with Gasteiger partial charge in [-0.05, 0) is 74.6 Å². The molecule has 3 aromatic rings. The summed E-state index contributed by atoms with van der Waals surface area (Å²) in [4.78, 5) is 39.6. The van der Waals surface area contributed by atoms with Crippen LogP contribution in [0, 0.1) is 0 Å². The first-order valence-corrected chi connectivity index (χ1v) is 12.8. The van der Waals surface area contributed by atoms with E-state index in [0.717, 1.165) is 31.4 Å². The van der Waals surface area contributed by atoms with Crippen molar-refractivity contribution >= 4 is 23.7 Å². The number of benzene rings is 2. The molecule has 0 aliphatic heterocycles. The topological polar surface area (TPSA) is 136 Å². The predicted octanol–water partition coefficient (Wildman–Crippen LogP) is 5.19. The second-order valence-corrected chi connectivity index (χ2v) is 9.11. The van der Waals surface area contributed by atoms with Crippen molar-refractivity contribution in [3.05, 3.63) is 78.0 Å². The van der Waals surface area contributed by atoms with Crippen LogP contribution in [0.25, 0.3) is 0 Å². The van der Waals surface area contributed by atoms with Crippen LogP contribution in [0.15, 0.2) is 66.9 Å². The van der Waals surface area contributed by atoms with Crippen LogP contribution in [0.5, 0.6) is 17.4 Å². The van der Waals surface area contributed by atoms with Crippen LogP contribution >= 0.6 is 0 Å². The molecule has 0 bridgehead atoms. The highest BCUT2D eigenvalue weighted by atomic mass is 16.5. The molecule has 3 N–H and O–H groups in total. The van der Waals surface area contributed by atoms with Crippen LogP contribution in [0.4, 0.5) is 10.5 Å². The van der Waals surface area contributed by atoms with Gasteiger partial charge in [0.15, 0.2) is 0 Å². The lowest BCUT2D eigenvalue weighted by molar-refractivity contribution is -0.115. The van der Waals surface area contributed by atoms with E-state index in [4.69, 9.17) is 14.2 Å². The number of para-hydroxylation sites is 1. The number of amides is 2. The van der Waals surface area contributed by atoms with Gasteiger partial charge in [-0.1, -0.05) is 18.2 Å². The Labute approximate surface area is 226 Å². The minimum atomic E-state index is -1.11. The van der Waals surface area contributed by atoms with Crippen molar-refractivity contribution in [1.29, 1.82) is 0 Å². The number of nitrogens with one attached hydrogen (secondary N) is 2. The van der Waals surface area contributed by atoms with Gasteiger partial charge in [-0.2, -0.15) is 0 Å². The predicted molar refractivity (Wildman–Crippen MR) is 143 cm³/mol. The van der Waals surface area contributed by atoms with E-state index < -0.39 is 5.97 Å². The van der Waals surface area contributed by atoms with Crippen molar-refractivity contribution < 1.29 is 33.7 Å². The number of anilines is 1. The van der Waals surface area contributed by atoms with E-state index in [1.54, 1.807) is 55.6 Å². The van der Waals surface area contributed by atoms with Crippen LogP contribution < -0.4 is 20.1 Å². The zero-order valence-electron chi connectivity index (χ0n) is 21.6. The number of aromatic carboxylic acids is 1. The molecule has 2 amide bonds. The van der Waals surface area contributed by atoms with Gasteiger partial charge in [-0.3, -0.25) is 4.79 Å². The van der Waals surface area contributed by atoms with Gasteiger partial charge in [0.2, 0.25) is 11.8 Å². The number of rotatable bonds is 10. The van der Waals surface area contributed by atoms with Gasteiger partial charge in [0.25, 0.3) is 0 Å².